The summed E-state index contributed by atoms with van der Waals surface area (Å²) >= 11 is 0. The maximum Gasteiger partial charge on any atom is 0.129 e. The zero-order valence-electron chi connectivity index (χ0n) is 15.5. The summed E-state index contributed by atoms with van der Waals surface area (Å²) in [6.45, 7) is 10.3. The van der Waals surface area contributed by atoms with Crippen LogP contribution in [0, 0.1) is 22.6 Å². The Morgan fingerprint density at radius 2 is 2.04 bits per heavy atom. The quantitative estimate of drug-likeness (QED) is 0.646. The molecule has 0 saturated carbocycles. The third-order valence-electron chi connectivity index (χ3n) is 4.87. The summed E-state index contributed by atoms with van der Waals surface area (Å²) in [7, 11) is 1.57. The van der Waals surface area contributed by atoms with Crippen LogP contribution in [0.25, 0.3) is 0 Å². The molecule has 1 aliphatic rings. The monoisotopic (exact) mass is 336 g/mol. The normalized spacial score (nSPS) is 27.6. The zero-order chi connectivity index (χ0) is 18.1. The van der Waals surface area contributed by atoms with E-state index in [9.17, 15) is 4.39 Å². The highest BCUT2D eigenvalue weighted by molar-refractivity contribution is 5.85. The molecule has 5 heteroatoms. The number of halogens is 1. The molecule has 1 aliphatic heterocycles. The van der Waals surface area contributed by atoms with E-state index in [1.807, 2.05) is 27.7 Å². The van der Waals surface area contributed by atoms with Crippen molar-refractivity contribution in [3.8, 4) is 5.75 Å². The maximum absolute atomic E-state index is 14.7. The first-order valence-corrected chi connectivity index (χ1v) is 8.43. The molecule has 2 rings (SSSR count). The summed E-state index contributed by atoms with van der Waals surface area (Å²) in [5.74, 6) is 0.760. The van der Waals surface area contributed by atoms with Crippen molar-refractivity contribution in [1.29, 1.82) is 5.41 Å². The predicted octanol–water partition coefficient (Wildman–Crippen LogP) is 4.09. The van der Waals surface area contributed by atoms with Crippen LogP contribution in [0.5, 0.6) is 5.75 Å². The number of methoxy groups -OCH3 is 1. The smallest absolute Gasteiger partial charge is 0.129 e. The van der Waals surface area contributed by atoms with Crippen LogP contribution in [0.2, 0.25) is 0 Å². The van der Waals surface area contributed by atoms with Gasteiger partial charge in [0, 0.05) is 11.0 Å². The average Bonchev–Trinajstić information content (AvgIpc) is 2.50. The van der Waals surface area contributed by atoms with Gasteiger partial charge in [-0.05, 0) is 37.5 Å². The summed E-state index contributed by atoms with van der Waals surface area (Å²) in [6, 6.07) is 4.75. The van der Waals surface area contributed by atoms with Crippen LogP contribution in [0.1, 0.15) is 46.6 Å². The summed E-state index contributed by atoms with van der Waals surface area (Å²) in [5.41, 5.74) is -0.643. The van der Waals surface area contributed by atoms with Crippen molar-refractivity contribution in [2.75, 3.05) is 13.7 Å². The standard InChI is InChI=1S/C19H29FN2O2/c1-12-9-13(2)24-11-19(12,22-17(21)18(3,4)5)15-10-14(23-6)7-8-16(15)20/h7-8,10,12-13H,9,11H2,1-6H3,(H2,21,22)/t12-,13-,19+/m1/s1. The van der Waals surface area contributed by atoms with Crippen molar-refractivity contribution in [2.24, 2.45) is 11.3 Å². The van der Waals surface area contributed by atoms with E-state index in [0.29, 0.717) is 23.8 Å². The van der Waals surface area contributed by atoms with Gasteiger partial charge in [0.1, 0.15) is 11.6 Å². The minimum Gasteiger partial charge on any atom is -0.497 e. The van der Waals surface area contributed by atoms with Crippen LogP contribution in [-0.2, 0) is 10.3 Å². The van der Waals surface area contributed by atoms with Gasteiger partial charge in [0.15, 0.2) is 0 Å². The molecule has 1 saturated heterocycles. The second kappa shape index (κ2) is 6.71. The number of amidine groups is 1. The SMILES string of the molecule is COc1ccc(F)c([C@]2(NC(=N)C(C)(C)C)CO[C@H](C)C[C@H]2C)c1. The highest BCUT2D eigenvalue weighted by atomic mass is 19.1. The lowest BCUT2D eigenvalue weighted by molar-refractivity contribution is -0.0583. The van der Waals surface area contributed by atoms with Crippen molar-refractivity contribution in [3.63, 3.8) is 0 Å². The third kappa shape index (κ3) is 3.56. The van der Waals surface area contributed by atoms with Gasteiger partial charge in [-0.15, -0.1) is 0 Å². The molecule has 2 N–H and O–H groups in total. The van der Waals surface area contributed by atoms with Crippen LogP contribution in [0.4, 0.5) is 4.39 Å². The molecular formula is C19H29FN2O2. The molecule has 1 aromatic rings. The largest absolute Gasteiger partial charge is 0.497 e. The number of ether oxygens (including phenoxy) is 2. The first kappa shape index (κ1) is 18.7. The van der Waals surface area contributed by atoms with Crippen LogP contribution < -0.4 is 10.1 Å². The Bertz CT molecular complexity index is 612. The second-order valence-electron chi connectivity index (χ2n) is 7.83. The van der Waals surface area contributed by atoms with Crippen LogP contribution in [-0.4, -0.2) is 25.7 Å². The topological polar surface area (TPSA) is 54.3 Å². The van der Waals surface area contributed by atoms with Gasteiger partial charge in [0.25, 0.3) is 0 Å². The van der Waals surface area contributed by atoms with Gasteiger partial charge in [-0.1, -0.05) is 27.7 Å². The first-order valence-electron chi connectivity index (χ1n) is 8.43. The van der Waals surface area contributed by atoms with E-state index >= 15 is 0 Å². The highest BCUT2D eigenvalue weighted by Crippen LogP contribution is 2.40. The fourth-order valence-corrected chi connectivity index (χ4v) is 3.14. The van der Waals surface area contributed by atoms with Crippen LogP contribution in [0.15, 0.2) is 18.2 Å². The summed E-state index contributed by atoms with van der Waals surface area (Å²) in [4.78, 5) is 0. The number of rotatable bonds is 3. The van der Waals surface area contributed by atoms with E-state index in [2.05, 4.69) is 12.2 Å². The Balaban J connectivity index is 2.53. The van der Waals surface area contributed by atoms with Crippen molar-refractivity contribution < 1.29 is 13.9 Å². The molecule has 134 valence electrons. The summed E-state index contributed by atoms with van der Waals surface area (Å²) in [6.07, 6.45) is 0.911. The van der Waals surface area contributed by atoms with Gasteiger partial charge >= 0.3 is 0 Å². The Kier molecular flexibility index (Phi) is 5.23. The predicted molar refractivity (Wildman–Crippen MR) is 94.1 cm³/mol. The Hall–Kier alpha value is -1.62. The highest BCUT2D eigenvalue weighted by Gasteiger charge is 2.46. The van der Waals surface area contributed by atoms with E-state index in [1.54, 1.807) is 19.2 Å². The lowest BCUT2D eigenvalue weighted by Gasteiger charge is -2.47. The molecule has 0 aliphatic carbocycles. The number of hydrogen-bond donors (Lipinski definition) is 2. The molecule has 0 spiro atoms. The molecule has 24 heavy (non-hydrogen) atoms. The fraction of sp³-hybridized carbons (Fsp3) is 0.632. The molecule has 4 nitrogen and oxygen atoms in total. The lowest BCUT2D eigenvalue weighted by atomic mass is 9.74. The molecule has 0 aromatic heterocycles. The van der Waals surface area contributed by atoms with Crippen LogP contribution in [0.3, 0.4) is 0 Å². The van der Waals surface area contributed by atoms with Crippen molar-refractivity contribution in [3.05, 3.63) is 29.6 Å². The summed E-state index contributed by atoms with van der Waals surface area (Å²) in [5, 5.41) is 11.8. The molecule has 1 heterocycles. The van der Waals surface area contributed by atoms with Crippen molar-refractivity contribution in [1.82, 2.24) is 5.32 Å². The van der Waals surface area contributed by atoms with Crippen molar-refractivity contribution >= 4 is 5.84 Å². The molecule has 0 radical (unpaired) electrons. The molecule has 1 fully saturated rings. The number of nitrogens with one attached hydrogen (secondary N) is 2. The summed E-state index contributed by atoms with van der Waals surface area (Å²) < 4.78 is 25.9. The lowest BCUT2D eigenvalue weighted by Crippen LogP contribution is -2.59. The zero-order valence-corrected chi connectivity index (χ0v) is 15.5. The van der Waals surface area contributed by atoms with E-state index < -0.39 is 5.54 Å². The van der Waals surface area contributed by atoms with Crippen LogP contribution >= 0.6 is 0 Å². The number of hydrogen-bond acceptors (Lipinski definition) is 3. The minimum atomic E-state index is -0.782. The number of benzene rings is 1. The minimum absolute atomic E-state index is 0.102. The van der Waals surface area contributed by atoms with Gasteiger partial charge < -0.3 is 14.8 Å². The molecule has 0 unspecified atom stereocenters. The Labute approximate surface area is 144 Å². The third-order valence-corrected chi connectivity index (χ3v) is 4.87. The Morgan fingerprint density at radius 3 is 2.58 bits per heavy atom. The van der Waals surface area contributed by atoms with Gasteiger partial charge in [-0.25, -0.2) is 4.39 Å². The van der Waals surface area contributed by atoms with Gasteiger partial charge in [-0.3, -0.25) is 5.41 Å². The van der Waals surface area contributed by atoms with E-state index in [0.717, 1.165) is 6.42 Å². The van der Waals surface area contributed by atoms with E-state index in [1.165, 1.54) is 6.07 Å². The van der Waals surface area contributed by atoms with Crippen molar-refractivity contribution in [2.45, 2.75) is 52.7 Å². The molecular weight excluding hydrogens is 307 g/mol. The molecule has 0 amide bonds. The van der Waals surface area contributed by atoms with Gasteiger partial charge in [0.2, 0.25) is 0 Å². The molecule has 0 bridgehead atoms. The maximum atomic E-state index is 14.7. The first-order chi connectivity index (χ1) is 11.1. The van der Waals surface area contributed by atoms with E-state index in [-0.39, 0.29) is 23.3 Å². The second-order valence-corrected chi connectivity index (χ2v) is 7.83. The fourth-order valence-electron chi connectivity index (χ4n) is 3.14. The van der Waals surface area contributed by atoms with Gasteiger partial charge in [0.05, 0.1) is 31.2 Å². The van der Waals surface area contributed by atoms with E-state index in [4.69, 9.17) is 14.9 Å². The Morgan fingerprint density at radius 1 is 1.38 bits per heavy atom. The average molecular weight is 336 g/mol. The molecule has 1 aromatic carbocycles. The van der Waals surface area contributed by atoms with Gasteiger partial charge in [-0.2, -0.15) is 0 Å². The molecule has 3 atom stereocenters.